The van der Waals surface area contributed by atoms with Crippen LogP contribution in [0, 0.1) is 16.7 Å². The number of nitrogens with one attached hydrogen (secondary N) is 1. The summed E-state index contributed by atoms with van der Waals surface area (Å²) in [6.45, 7) is 5.55. The van der Waals surface area contributed by atoms with Gasteiger partial charge in [0.25, 0.3) is 0 Å². The van der Waals surface area contributed by atoms with Crippen molar-refractivity contribution < 1.29 is 9.59 Å². The van der Waals surface area contributed by atoms with Crippen molar-refractivity contribution in [2.45, 2.75) is 32.6 Å². The number of nitrogens with zero attached hydrogens (tertiary/aromatic N) is 3. The van der Waals surface area contributed by atoms with Gasteiger partial charge in [0.05, 0.1) is 12.6 Å². The van der Waals surface area contributed by atoms with Crippen molar-refractivity contribution in [3.8, 4) is 6.07 Å². The topological polar surface area (TPSA) is 76.4 Å². The molecular weight excluding hydrogens is 268 g/mol. The molecule has 1 N–H and O–H groups in total. The van der Waals surface area contributed by atoms with Crippen molar-refractivity contribution in [3.05, 3.63) is 0 Å². The van der Waals surface area contributed by atoms with E-state index >= 15 is 0 Å². The van der Waals surface area contributed by atoms with Gasteiger partial charge in [-0.1, -0.05) is 12.8 Å². The zero-order valence-electron chi connectivity index (χ0n) is 12.7. The van der Waals surface area contributed by atoms with Crippen LogP contribution in [-0.2, 0) is 9.59 Å². The Bertz CT molecular complexity index is 429. The largest absolute Gasteiger partial charge is 0.355 e. The zero-order valence-corrected chi connectivity index (χ0v) is 12.7. The Morgan fingerprint density at radius 3 is 2.33 bits per heavy atom. The van der Waals surface area contributed by atoms with E-state index in [0.717, 1.165) is 12.8 Å². The van der Waals surface area contributed by atoms with Crippen LogP contribution >= 0.6 is 0 Å². The molecule has 6 heteroatoms. The van der Waals surface area contributed by atoms with Gasteiger partial charge in [0.1, 0.15) is 5.41 Å². The van der Waals surface area contributed by atoms with E-state index in [1.165, 1.54) is 0 Å². The first kappa shape index (κ1) is 15.8. The molecule has 1 heterocycles. The Labute approximate surface area is 126 Å². The summed E-state index contributed by atoms with van der Waals surface area (Å²) < 4.78 is 0. The summed E-state index contributed by atoms with van der Waals surface area (Å²) in [5.41, 5.74) is -0.776. The Kier molecular flexibility index (Phi) is 5.18. The summed E-state index contributed by atoms with van der Waals surface area (Å²) in [6.07, 6.45) is 3.33. The van der Waals surface area contributed by atoms with Gasteiger partial charge in [-0.2, -0.15) is 5.26 Å². The summed E-state index contributed by atoms with van der Waals surface area (Å²) in [5, 5.41) is 12.2. The van der Waals surface area contributed by atoms with Crippen molar-refractivity contribution in [1.82, 2.24) is 15.1 Å². The SMILES string of the molecule is CCNC(=O)CN1CCN(C(=O)C2(C#N)CCCC2)CC1. The standard InChI is InChI=1S/C15H24N4O2/c1-2-17-13(20)11-18-7-9-19(10-8-18)14(21)15(12-16)5-3-4-6-15/h2-11H2,1H3,(H,17,20). The van der Waals surface area contributed by atoms with Crippen LogP contribution in [0.4, 0.5) is 0 Å². The number of amides is 2. The molecule has 0 spiro atoms. The van der Waals surface area contributed by atoms with Crippen LogP contribution in [0.25, 0.3) is 0 Å². The van der Waals surface area contributed by atoms with Crippen molar-refractivity contribution >= 4 is 11.8 Å². The number of nitriles is 1. The first-order valence-electron chi connectivity index (χ1n) is 7.81. The van der Waals surface area contributed by atoms with Crippen molar-refractivity contribution in [2.24, 2.45) is 5.41 Å². The van der Waals surface area contributed by atoms with Gasteiger partial charge < -0.3 is 10.2 Å². The molecule has 1 aliphatic carbocycles. The van der Waals surface area contributed by atoms with E-state index in [0.29, 0.717) is 52.1 Å². The fraction of sp³-hybridized carbons (Fsp3) is 0.800. The van der Waals surface area contributed by atoms with Crippen LogP contribution < -0.4 is 5.32 Å². The lowest BCUT2D eigenvalue weighted by Crippen LogP contribution is -2.54. The molecule has 0 atom stereocenters. The van der Waals surface area contributed by atoms with E-state index < -0.39 is 5.41 Å². The third-order valence-corrected chi connectivity index (χ3v) is 4.48. The molecular formula is C15H24N4O2. The molecule has 2 aliphatic rings. The van der Waals surface area contributed by atoms with E-state index in [2.05, 4.69) is 16.3 Å². The second kappa shape index (κ2) is 6.90. The highest BCUT2D eigenvalue weighted by Crippen LogP contribution is 2.39. The van der Waals surface area contributed by atoms with Gasteiger partial charge in [0.15, 0.2) is 0 Å². The van der Waals surface area contributed by atoms with Gasteiger partial charge in [-0.05, 0) is 19.8 Å². The molecule has 2 fully saturated rings. The van der Waals surface area contributed by atoms with Crippen molar-refractivity contribution in [3.63, 3.8) is 0 Å². The maximum atomic E-state index is 12.6. The van der Waals surface area contributed by atoms with Gasteiger partial charge in [0.2, 0.25) is 11.8 Å². The molecule has 2 rings (SSSR count). The molecule has 1 aliphatic heterocycles. The normalized spacial score (nSPS) is 21.8. The summed E-state index contributed by atoms with van der Waals surface area (Å²) in [6, 6.07) is 2.27. The highest BCUT2D eigenvalue weighted by atomic mass is 16.2. The molecule has 1 saturated carbocycles. The monoisotopic (exact) mass is 292 g/mol. The third kappa shape index (κ3) is 3.53. The van der Waals surface area contributed by atoms with Crippen LogP contribution in [0.15, 0.2) is 0 Å². The minimum Gasteiger partial charge on any atom is -0.355 e. The lowest BCUT2D eigenvalue weighted by Gasteiger charge is -2.37. The molecule has 0 aromatic carbocycles. The second-order valence-corrected chi connectivity index (χ2v) is 5.92. The number of rotatable bonds is 4. The predicted octanol–water partition coefficient (Wildman–Crippen LogP) is 0.351. The molecule has 1 saturated heterocycles. The van der Waals surface area contributed by atoms with Gasteiger partial charge in [0, 0.05) is 32.7 Å². The smallest absolute Gasteiger partial charge is 0.243 e. The maximum Gasteiger partial charge on any atom is 0.243 e. The lowest BCUT2D eigenvalue weighted by atomic mass is 9.86. The molecule has 0 unspecified atom stereocenters. The molecule has 0 aromatic heterocycles. The van der Waals surface area contributed by atoms with Crippen LogP contribution in [0.2, 0.25) is 0 Å². The summed E-state index contributed by atoms with van der Waals surface area (Å²) in [4.78, 5) is 28.0. The molecule has 0 aromatic rings. The van der Waals surface area contributed by atoms with Gasteiger partial charge in [-0.15, -0.1) is 0 Å². The Balaban J connectivity index is 1.85. The molecule has 0 bridgehead atoms. The van der Waals surface area contributed by atoms with E-state index in [4.69, 9.17) is 0 Å². The molecule has 116 valence electrons. The highest BCUT2D eigenvalue weighted by Gasteiger charge is 2.44. The Morgan fingerprint density at radius 2 is 1.81 bits per heavy atom. The minimum absolute atomic E-state index is 0.000148. The minimum atomic E-state index is -0.776. The second-order valence-electron chi connectivity index (χ2n) is 5.92. The summed E-state index contributed by atoms with van der Waals surface area (Å²) in [5.74, 6) is 0.0294. The number of likely N-dealkylation sites (N-methyl/N-ethyl adjacent to an activating group) is 1. The van der Waals surface area contributed by atoms with Crippen molar-refractivity contribution in [1.29, 1.82) is 5.26 Å². The van der Waals surface area contributed by atoms with E-state index in [1.54, 1.807) is 0 Å². The van der Waals surface area contributed by atoms with Gasteiger partial charge in [-0.25, -0.2) is 0 Å². The first-order chi connectivity index (χ1) is 10.1. The fourth-order valence-electron chi connectivity index (χ4n) is 3.22. The number of carbonyl (C=O) groups excluding carboxylic acids is 2. The number of hydrogen-bond donors (Lipinski definition) is 1. The van der Waals surface area contributed by atoms with Crippen LogP contribution in [-0.4, -0.2) is 60.9 Å². The fourth-order valence-corrected chi connectivity index (χ4v) is 3.22. The maximum absolute atomic E-state index is 12.6. The molecule has 21 heavy (non-hydrogen) atoms. The highest BCUT2D eigenvalue weighted by molar-refractivity contribution is 5.86. The van der Waals surface area contributed by atoms with E-state index in [1.807, 2.05) is 11.8 Å². The quantitative estimate of drug-likeness (QED) is 0.811. The molecule has 2 amide bonds. The Hall–Kier alpha value is -1.61. The number of carbonyl (C=O) groups is 2. The van der Waals surface area contributed by atoms with E-state index in [-0.39, 0.29) is 11.8 Å². The van der Waals surface area contributed by atoms with Crippen LogP contribution in [0.1, 0.15) is 32.6 Å². The molecule has 6 nitrogen and oxygen atoms in total. The third-order valence-electron chi connectivity index (χ3n) is 4.48. The van der Waals surface area contributed by atoms with Crippen molar-refractivity contribution in [2.75, 3.05) is 39.3 Å². The predicted molar refractivity (Wildman–Crippen MR) is 78.2 cm³/mol. The Morgan fingerprint density at radius 1 is 1.19 bits per heavy atom. The van der Waals surface area contributed by atoms with Crippen LogP contribution in [0.3, 0.4) is 0 Å². The number of hydrogen-bond acceptors (Lipinski definition) is 4. The lowest BCUT2D eigenvalue weighted by molar-refractivity contribution is -0.140. The summed E-state index contributed by atoms with van der Waals surface area (Å²) in [7, 11) is 0. The van der Waals surface area contributed by atoms with Gasteiger partial charge in [-0.3, -0.25) is 14.5 Å². The molecule has 0 radical (unpaired) electrons. The zero-order chi connectivity index (χ0) is 15.3. The first-order valence-corrected chi connectivity index (χ1v) is 7.81. The van der Waals surface area contributed by atoms with Gasteiger partial charge >= 0.3 is 0 Å². The van der Waals surface area contributed by atoms with E-state index in [9.17, 15) is 14.9 Å². The average molecular weight is 292 g/mol. The summed E-state index contributed by atoms with van der Waals surface area (Å²) >= 11 is 0. The number of piperazine rings is 1. The average Bonchev–Trinajstić information content (AvgIpc) is 2.97. The van der Waals surface area contributed by atoms with Crippen LogP contribution in [0.5, 0.6) is 0 Å².